The van der Waals surface area contributed by atoms with Gasteiger partial charge in [0.05, 0.1) is 11.6 Å². The largest absolute Gasteiger partial charge is 0.388 e. The maximum Gasteiger partial charge on any atom is 0.254 e. The van der Waals surface area contributed by atoms with Crippen molar-refractivity contribution < 1.29 is 9.90 Å². The average molecular weight is 321 g/mol. The lowest BCUT2D eigenvalue weighted by Crippen LogP contribution is -2.49. The van der Waals surface area contributed by atoms with Gasteiger partial charge in [0.1, 0.15) is 0 Å². The molecule has 0 fully saturated rings. The highest BCUT2D eigenvalue weighted by molar-refractivity contribution is 5.98. The minimum Gasteiger partial charge on any atom is -0.388 e. The van der Waals surface area contributed by atoms with Crippen LogP contribution in [0.1, 0.15) is 41.8 Å². The van der Waals surface area contributed by atoms with Gasteiger partial charge in [0.25, 0.3) is 5.91 Å². The third-order valence-electron chi connectivity index (χ3n) is 4.97. The molecule has 0 spiro atoms. The predicted molar refractivity (Wildman–Crippen MR) is 96.5 cm³/mol. The third-order valence-corrected chi connectivity index (χ3v) is 4.97. The summed E-state index contributed by atoms with van der Waals surface area (Å²) in [5.74, 6) is -0.0105. The number of amides is 1. The normalized spacial score (nSPS) is 17.3. The second kappa shape index (κ2) is 6.25. The van der Waals surface area contributed by atoms with E-state index in [1.807, 2.05) is 61.5 Å². The van der Waals surface area contributed by atoms with Gasteiger partial charge in [-0.25, -0.2) is 0 Å². The van der Waals surface area contributed by atoms with Gasteiger partial charge in [-0.05, 0) is 36.6 Å². The first kappa shape index (κ1) is 16.5. The molecular weight excluding hydrogens is 298 g/mol. The molecule has 0 saturated heterocycles. The van der Waals surface area contributed by atoms with Crippen LogP contribution in [0.4, 0.5) is 0 Å². The molecule has 1 aliphatic heterocycles. The number of rotatable bonds is 5. The van der Waals surface area contributed by atoms with Crippen molar-refractivity contribution in [3.8, 4) is 0 Å². The molecule has 1 aliphatic rings. The Kier molecular flexibility index (Phi) is 4.29. The fourth-order valence-corrected chi connectivity index (χ4v) is 3.28. The van der Waals surface area contributed by atoms with Crippen molar-refractivity contribution in [1.29, 1.82) is 0 Å². The topological polar surface area (TPSA) is 40.5 Å². The van der Waals surface area contributed by atoms with Gasteiger partial charge in [-0.2, -0.15) is 0 Å². The number of hydrogen-bond donors (Lipinski definition) is 1. The highest BCUT2D eigenvalue weighted by Gasteiger charge is 2.39. The van der Waals surface area contributed by atoms with E-state index in [0.717, 1.165) is 22.3 Å². The molecule has 124 valence electrons. The van der Waals surface area contributed by atoms with Crippen molar-refractivity contribution in [1.82, 2.24) is 4.90 Å². The Balaban J connectivity index is 1.76. The first-order valence-corrected chi connectivity index (χ1v) is 8.24. The van der Waals surface area contributed by atoms with Crippen LogP contribution in [-0.2, 0) is 6.54 Å². The molecule has 1 N–H and O–H groups in total. The molecule has 0 aliphatic carbocycles. The number of nitrogens with zero attached hydrogens (tertiary/aromatic N) is 1. The molecule has 0 radical (unpaired) electrons. The Morgan fingerprint density at radius 3 is 2.50 bits per heavy atom. The second-order valence-electron chi connectivity index (χ2n) is 6.77. The minimum atomic E-state index is -1.05. The number of aliphatic hydroxyl groups is 1. The zero-order valence-electron chi connectivity index (χ0n) is 14.2. The summed E-state index contributed by atoms with van der Waals surface area (Å²) in [7, 11) is 0. The summed E-state index contributed by atoms with van der Waals surface area (Å²) in [6.07, 6.45) is 0.415. The number of benzene rings is 2. The molecule has 1 amide bonds. The van der Waals surface area contributed by atoms with Crippen molar-refractivity contribution in [3.63, 3.8) is 0 Å². The van der Waals surface area contributed by atoms with E-state index in [1.54, 1.807) is 11.8 Å². The van der Waals surface area contributed by atoms with Crippen molar-refractivity contribution in [2.45, 2.75) is 38.5 Å². The Labute approximate surface area is 143 Å². The number of hydrogen-bond acceptors (Lipinski definition) is 2. The van der Waals surface area contributed by atoms with E-state index in [1.165, 1.54) is 0 Å². The third kappa shape index (κ3) is 3.00. The number of fused-ring (bicyclic) bond motifs is 1. The van der Waals surface area contributed by atoms with Crippen LogP contribution < -0.4 is 0 Å². The Morgan fingerprint density at radius 1 is 1.21 bits per heavy atom. The Hall–Kier alpha value is -2.39. The lowest BCUT2D eigenvalue weighted by atomic mass is 9.87. The molecular formula is C21H23NO2. The van der Waals surface area contributed by atoms with Crippen LogP contribution in [0, 0.1) is 0 Å². The minimum absolute atomic E-state index is 0.0105. The van der Waals surface area contributed by atoms with Gasteiger partial charge in [-0.1, -0.05) is 55.1 Å². The molecule has 0 unspecified atom stereocenters. The molecule has 2 aromatic carbocycles. The quantitative estimate of drug-likeness (QED) is 0.908. The SMILES string of the molecule is C=C(C[C@](C)(O)[C@@H](C)N1Cc2ccccc2C1=O)c1ccccc1. The summed E-state index contributed by atoms with van der Waals surface area (Å²) < 4.78 is 0. The van der Waals surface area contributed by atoms with Crippen LogP contribution in [0.2, 0.25) is 0 Å². The summed E-state index contributed by atoms with van der Waals surface area (Å²) in [5.41, 5.74) is 2.59. The van der Waals surface area contributed by atoms with E-state index < -0.39 is 5.60 Å². The summed E-state index contributed by atoms with van der Waals surface area (Å²) in [6, 6.07) is 17.2. The lowest BCUT2D eigenvalue weighted by Gasteiger charge is -2.37. The van der Waals surface area contributed by atoms with E-state index in [2.05, 4.69) is 6.58 Å². The molecule has 3 heteroatoms. The van der Waals surface area contributed by atoms with Crippen molar-refractivity contribution >= 4 is 11.5 Å². The molecule has 0 aromatic heterocycles. The van der Waals surface area contributed by atoms with Crippen LogP contribution in [0.25, 0.3) is 5.57 Å². The number of carbonyl (C=O) groups is 1. The van der Waals surface area contributed by atoms with E-state index in [-0.39, 0.29) is 11.9 Å². The van der Waals surface area contributed by atoms with Crippen LogP contribution in [-0.4, -0.2) is 27.6 Å². The van der Waals surface area contributed by atoms with Gasteiger partial charge < -0.3 is 10.0 Å². The van der Waals surface area contributed by atoms with E-state index in [4.69, 9.17) is 0 Å². The fraction of sp³-hybridized carbons (Fsp3) is 0.286. The first-order chi connectivity index (χ1) is 11.4. The van der Waals surface area contributed by atoms with Crippen LogP contribution >= 0.6 is 0 Å². The Morgan fingerprint density at radius 2 is 1.83 bits per heavy atom. The number of carbonyl (C=O) groups excluding carboxylic acids is 1. The second-order valence-corrected chi connectivity index (χ2v) is 6.77. The standard InChI is InChI=1S/C21H23NO2/c1-15(17-9-5-4-6-10-17)13-21(3,24)16(2)22-14-18-11-7-8-12-19(18)20(22)23/h4-12,16,24H,1,13-14H2,2-3H3/t16-,21+/m1/s1. The summed E-state index contributed by atoms with van der Waals surface area (Å²) in [6.45, 7) is 8.34. The zero-order valence-corrected chi connectivity index (χ0v) is 14.2. The van der Waals surface area contributed by atoms with Crippen LogP contribution in [0.15, 0.2) is 61.2 Å². The molecule has 0 saturated carbocycles. The molecule has 0 bridgehead atoms. The van der Waals surface area contributed by atoms with Crippen molar-refractivity contribution in [2.75, 3.05) is 0 Å². The predicted octanol–water partition coefficient (Wildman–Crippen LogP) is 3.89. The molecule has 3 nitrogen and oxygen atoms in total. The average Bonchev–Trinajstić information content (AvgIpc) is 2.92. The molecule has 24 heavy (non-hydrogen) atoms. The van der Waals surface area contributed by atoms with E-state index >= 15 is 0 Å². The maximum absolute atomic E-state index is 12.6. The zero-order chi connectivity index (χ0) is 17.3. The summed E-state index contributed by atoms with van der Waals surface area (Å²) >= 11 is 0. The Bertz CT molecular complexity index is 764. The highest BCUT2D eigenvalue weighted by Crippen LogP contribution is 2.32. The van der Waals surface area contributed by atoms with Gasteiger partial charge in [0, 0.05) is 18.5 Å². The molecule has 2 atom stereocenters. The van der Waals surface area contributed by atoms with Gasteiger partial charge >= 0.3 is 0 Å². The van der Waals surface area contributed by atoms with E-state index in [0.29, 0.717) is 13.0 Å². The van der Waals surface area contributed by atoms with Crippen molar-refractivity contribution in [2.24, 2.45) is 0 Å². The van der Waals surface area contributed by atoms with Gasteiger partial charge in [0.15, 0.2) is 0 Å². The lowest BCUT2D eigenvalue weighted by molar-refractivity contribution is -0.0161. The van der Waals surface area contributed by atoms with Gasteiger partial charge in [0.2, 0.25) is 0 Å². The van der Waals surface area contributed by atoms with Crippen LogP contribution in [0.3, 0.4) is 0 Å². The smallest absolute Gasteiger partial charge is 0.254 e. The molecule has 2 aromatic rings. The van der Waals surface area contributed by atoms with Crippen LogP contribution in [0.5, 0.6) is 0 Å². The van der Waals surface area contributed by atoms with Gasteiger partial charge in [-0.3, -0.25) is 4.79 Å². The fourth-order valence-electron chi connectivity index (χ4n) is 3.28. The summed E-state index contributed by atoms with van der Waals surface area (Å²) in [4.78, 5) is 14.4. The van der Waals surface area contributed by atoms with Gasteiger partial charge in [-0.15, -0.1) is 0 Å². The molecule has 3 rings (SSSR count). The highest BCUT2D eigenvalue weighted by atomic mass is 16.3. The monoisotopic (exact) mass is 321 g/mol. The summed E-state index contributed by atoms with van der Waals surface area (Å²) in [5, 5.41) is 11.0. The van der Waals surface area contributed by atoms with E-state index in [9.17, 15) is 9.90 Å². The maximum atomic E-state index is 12.6. The first-order valence-electron chi connectivity index (χ1n) is 8.24. The molecule has 1 heterocycles. The van der Waals surface area contributed by atoms with Crippen molar-refractivity contribution in [3.05, 3.63) is 77.9 Å².